The van der Waals surface area contributed by atoms with Crippen molar-refractivity contribution in [3.05, 3.63) is 0 Å². The van der Waals surface area contributed by atoms with Crippen LogP contribution in [0.4, 0.5) is 0 Å². The first-order valence-electron chi connectivity index (χ1n) is 3.55. The summed E-state index contributed by atoms with van der Waals surface area (Å²) in [6, 6.07) is 0. The molecule has 0 aromatic carbocycles. The molecule has 0 fully saturated rings. The van der Waals surface area contributed by atoms with Crippen LogP contribution in [0.5, 0.6) is 0 Å². The Kier molecular flexibility index (Phi) is 4.72. The van der Waals surface area contributed by atoms with Crippen molar-refractivity contribution >= 4 is 0 Å². The number of aliphatic hydroxyl groups is 1. The lowest BCUT2D eigenvalue weighted by atomic mass is 10.0. The highest BCUT2D eigenvalue weighted by atomic mass is 16.3. The zero-order valence-corrected chi connectivity index (χ0v) is 6.52. The first-order chi connectivity index (χ1) is 4.22. The minimum absolute atomic E-state index is 0.141. The molecule has 0 saturated heterocycles. The van der Waals surface area contributed by atoms with Crippen molar-refractivity contribution in [1.82, 2.24) is 5.32 Å². The Hall–Kier alpha value is -0.0800. The largest absolute Gasteiger partial charge is 0.393 e. The second-order valence-electron chi connectivity index (χ2n) is 2.51. The van der Waals surface area contributed by atoms with Crippen molar-refractivity contribution in [1.29, 1.82) is 0 Å². The van der Waals surface area contributed by atoms with Gasteiger partial charge in [0.25, 0.3) is 0 Å². The minimum atomic E-state index is -0.141. The molecule has 0 radical (unpaired) electrons. The molecule has 0 spiro atoms. The van der Waals surface area contributed by atoms with E-state index in [-0.39, 0.29) is 6.10 Å². The lowest BCUT2D eigenvalue weighted by molar-refractivity contribution is 0.113. The van der Waals surface area contributed by atoms with Crippen LogP contribution in [-0.4, -0.2) is 24.8 Å². The molecule has 0 aromatic rings. The van der Waals surface area contributed by atoms with E-state index in [0.717, 1.165) is 13.0 Å². The zero-order valence-electron chi connectivity index (χ0n) is 6.52. The topological polar surface area (TPSA) is 32.3 Å². The van der Waals surface area contributed by atoms with Crippen molar-refractivity contribution < 1.29 is 5.11 Å². The predicted octanol–water partition coefficient (Wildman–Crippen LogP) is 0.613. The third kappa shape index (κ3) is 3.49. The van der Waals surface area contributed by atoms with Gasteiger partial charge in [-0.1, -0.05) is 13.8 Å². The Balaban J connectivity index is 3.32. The summed E-state index contributed by atoms with van der Waals surface area (Å²) in [6.07, 6.45) is 0.709. The first-order valence-corrected chi connectivity index (χ1v) is 3.55. The van der Waals surface area contributed by atoms with Crippen LogP contribution >= 0.6 is 0 Å². The van der Waals surface area contributed by atoms with E-state index in [0.29, 0.717) is 5.92 Å². The second-order valence-corrected chi connectivity index (χ2v) is 2.51. The van der Waals surface area contributed by atoms with E-state index in [1.165, 1.54) is 0 Å². The molecule has 0 heterocycles. The van der Waals surface area contributed by atoms with Crippen LogP contribution < -0.4 is 5.32 Å². The molecule has 0 aliphatic heterocycles. The van der Waals surface area contributed by atoms with Crippen molar-refractivity contribution in [2.75, 3.05) is 13.6 Å². The van der Waals surface area contributed by atoms with E-state index in [2.05, 4.69) is 5.32 Å². The van der Waals surface area contributed by atoms with Gasteiger partial charge in [0, 0.05) is 0 Å². The highest BCUT2D eigenvalue weighted by Crippen LogP contribution is 2.03. The van der Waals surface area contributed by atoms with Gasteiger partial charge >= 0.3 is 0 Å². The molecule has 2 heteroatoms. The second kappa shape index (κ2) is 4.77. The molecule has 0 bridgehead atoms. The van der Waals surface area contributed by atoms with E-state index in [1.807, 2.05) is 20.9 Å². The average molecular weight is 131 g/mol. The minimum Gasteiger partial charge on any atom is -0.393 e. The molecular weight excluding hydrogens is 114 g/mol. The molecule has 0 aromatic heterocycles. The summed E-state index contributed by atoms with van der Waals surface area (Å²) in [7, 11) is 1.90. The van der Waals surface area contributed by atoms with E-state index in [9.17, 15) is 5.11 Å². The third-order valence-electron chi connectivity index (χ3n) is 1.60. The molecule has 2 atom stereocenters. The summed E-state index contributed by atoms with van der Waals surface area (Å²) in [4.78, 5) is 0. The van der Waals surface area contributed by atoms with E-state index >= 15 is 0 Å². The summed E-state index contributed by atoms with van der Waals surface area (Å²) in [6.45, 7) is 4.94. The summed E-state index contributed by atoms with van der Waals surface area (Å²) in [5.74, 6) is 0.375. The summed E-state index contributed by atoms with van der Waals surface area (Å²) in [5.41, 5.74) is 0. The van der Waals surface area contributed by atoms with Crippen LogP contribution in [0, 0.1) is 5.92 Å². The van der Waals surface area contributed by atoms with Crippen LogP contribution in [0.25, 0.3) is 0 Å². The fraction of sp³-hybridized carbons (Fsp3) is 1.00. The highest BCUT2D eigenvalue weighted by molar-refractivity contribution is 4.63. The SMILES string of the molecule is CCC(O)C(C)CNC. The van der Waals surface area contributed by atoms with Crippen molar-refractivity contribution in [2.24, 2.45) is 5.92 Å². The van der Waals surface area contributed by atoms with E-state index in [1.54, 1.807) is 0 Å². The normalized spacial score (nSPS) is 17.3. The van der Waals surface area contributed by atoms with Gasteiger partial charge in [-0.15, -0.1) is 0 Å². The summed E-state index contributed by atoms with van der Waals surface area (Å²) < 4.78 is 0. The average Bonchev–Trinajstić information content (AvgIpc) is 1.87. The molecule has 0 saturated carbocycles. The number of hydrogen-bond donors (Lipinski definition) is 2. The Morgan fingerprint density at radius 3 is 2.44 bits per heavy atom. The van der Waals surface area contributed by atoms with Gasteiger partial charge < -0.3 is 10.4 Å². The van der Waals surface area contributed by atoms with Crippen LogP contribution in [-0.2, 0) is 0 Å². The summed E-state index contributed by atoms with van der Waals surface area (Å²) >= 11 is 0. The van der Waals surface area contributed by atoms with Gasteiger partial charge in [-0.25, -0.2) is 0 Å². The van der Waals surface area contributed by atoms with Gasteiger partial charge in [-0.3, -0.25) is 0 Å². The first kappa shape index (κ1) is 8.92. The maximum atomic E-state index is 9.22. The van der Waals surface area contributed by atoms with Crippen molar-refractivity contribution in [3.8, 4) is 0 Å². The van der Waals surface area contributed by atoms with Gasteiger partial charge in [0.15, 0.2) is 0 Å². The maximum absolute atomic E-state index is 9.22. The quantitative estimate of drug-likeness (QED) is 0.586. The lowest BCUT2D eigenvalue weighted by Crippen LogP contribution is -2.26. The van der Waals surface area contributed by atoms with Gasteiger partial charge in [0.05, 0.1) is 6.10 Å². The smallest absolute Gasteiger partial charge is 0.0575 e. The van der Waals surface area contributed by atoms with Gasteiger partial charge in [-0.2, -0.15) is 0 Å². The molecule has 0 amide bonds. The van der Waals surface area contributed by atoms with Gasteiger partial charge in [0.1, 0.15) is 0 Å². The molecule has 2 N–H and O–H groups in total. The van der Waals surface area contributed by atoms with Crippen LogP contribution in [0.15, 0.2) is 0 Å². The molecular formula is C7H17NO. The standard InChI is InChI=1S/C7H17NO/c1-4-7(9)6(2)5-8-3/h6-9H,4-5H2,1-3H3. The third-order valence-corrected chi connectivity index (χ3v) is 1.60. The van der Waals surface area contributed by atoms with Gasteiger partial charge in [0.2, 0.25) is 0 Å². The van der Waals surface area contributed by atoms with Crippen molar-refractivity contribution in [3.63, 3.8) is 0 Å². The molecule has 9 heavy (non-hydrogen) atoms. The number of aliphatic hydroxyl groups excluding tert-OH is 1. The van der Waals surface area contributed by atoms with Crippen LogP contribution in [0.2, 0.25) is 0 Å². The van der Waals surface area contributed by atoms with E-state index < -0.39 is 0 Å². The zero-order chi connectivity index (χ0) is 7.28. The molecule has 2 nitrogen and oxygen atoms in total. The lowest BCUT2D eigenvalue weighted by Gasteiger charge is -2.15. The monoisotopic (exact) mass is 131 g/mol. The van der Waals surface area contributed by atoms with Crippen LogP contribution in [0.1, 0.15) is 20.3 Å². The fourth-order valence-corrected chi connectivity index (χ4v) is 0.860. The Bertz CT molecular complexity index is 65.9. The number of hydrogen-bond acceptors (Lipinski definition) is 2. The highest BCUT2D eigenvalue weighted by Gasteiger charge is 2.09. The molecule has 2 unspecified atom stereocenters. The maximum Gasteiger partial charge on any atom is 0.0575 e. The van der Waals surface area contributed by atoms with Crippen molar-refractivity contribution in [2.45, 2.75) is 26.4 Å². The van der Waals surface area contributed by atoms with E-state index in [4.69, 9.17) is 0 Å². The molecule has 56 valence electrons. The molecule has 0 rings (SSSR count). The Morgan fingerprint density at radius 2 is 2.11 bits per heavy atom. The van der Waals surface area contributed by atoms with Crippen LogP contribution in [0.3, 0.4) is 0 Å². The Morgan fingerprint density at radius 1 is 1.56 bits per heavy atom. The predicted molar refractivity (Wildman–Crippen MR) is 39.4 cm³/mol. The van der Waals surface area contributed by atoms with Gasteiger partial charge in [-0.05, 0) is 25.9 Å². The fourth-order valence-electron chi connectivity index (χ4n) is 0.860. The molecule has 0 aliphatic rings. The number of rotatable bonds is 4. The number of nitrogens with one attached hydrogen (secondary N) is 1. The summed E-state index contributed by atoms with van der Waals surface area (Å²) in [5, 5.41) is 12.2. The Labute approximate surface area is 57.3 Å². The molecule has 0 aliphatic carbocycles.